The van der Waals surface area contributed by atoms with Crippen molar-refractivity contribution in [3.63, 3.8) is 0 Å². The van der Waals surface area contributed by atoms with Gasteiger partial charge in [0.25, 0.3) is 11.5 Å². The standard InChI is InChI=1S/C25H30ClN3O5/c1-33-21-15-22(30)28-13-12-27(16-17-6-5-7-18(26)14-17)11-9-19(28)23(21)24(31)29-10-4-3-8-20(29)25(32)34-2/h5-7,14-15,20H,3-4,8-13,16H2,1-2H3. The molecule has 182 valence electrons. The molecule has 4 rings (SSSR count). The summed E-state index contributed by atoms with van der Waals surface area (Å²) in [6.45, 7) is 2.94. The first-order valence-corrected chi connectivity index (χ1v) is 12.0. The molecule has 1 fully saturated rings. The van der Waals surface area contributed by atoms with Crippen LogP contribution >= 0.6 is 11.6 Å². The molecule has 0 radical (unpaired) electrons. The smallest absolute Gasteiger partial charge is 0.328 e. The monoisotopic (exact) mass is 487 g/mol. The van der Waals surface area contributed by atoms with E-state index >= 15 is 0 Å². The average molecular weight is 488 g/mol. The zero-order valence-electron chi connectivity index (χ0n) is 19.6. The van der Waals surface area contributed by atoms with Gasteiger partial charge in [-0.15, -0.1) is 0 Å². The van der Waals surface area contributed by atoms with Gasteiger partial charge in [-0.1, -0.05) is 23.7 Å². The molecule has 0 saturated carbocycles. The third-order valence-corrected chi connectivity index (χ3v) is 6.89. The normalized spacial score (nSPS) is 18.7. The highest BCUT2D eigenvalue weighted by atomic mass is 35.5. The number of hydrogen-bond donors (Lipinski definition) is 0. The molecule has 0 aliphatic carbocycles. The van der Waals surface area contributed by atoms with Crippen LogP contribution in [-0.2, 0) is 29.0 Å². The van der Waals surface area contributed by atoms with Crippen LogP contribution in [0.5, 0.6) is 5.75 Å². The van der Waals surface area contributed by atoms with Gasteiger partial charge in [0.05, 0.1) is 14.2 Å². The van der Waals surface area contributed by atoms with Gasteiger partial charge in [-0.25, -0.2) is 4.79 Å². The predicted molar refractivity (Wildman–Crippen MR) is 128 cm³/mol. The summed E-state index contributed by atoms with van der Waals surface area (Å²) in [5.74, 6) is -0.461. The van der Waals surface area contributed by atoms with Crippen LogP contribution in [0.3, 0.4) is 0 Å². The van der Waals surface area contributed by atoms with Crippen molar-refractivity contribution in [2.75, 3.05) is 33.9 Å². The number of carbonyl (C=O) groups is 2. The number of aromatic nitrogens is 1. The summed E-state index contributed by atoms with van der Waals surface area (Å²) in [4.78, 5) is 42.9. The maximum atomic E-state index is 13.8. The minimum absolute atomic E-state index is 0.198. The summed E-state index contributed by atoms with van der Waals surface area (Å²) < 4.78 is 12.1. The number of amides is 1. The van der Waals surface area contributed by atoms with Crippen LogP contribution in [0.15, 0.2) is 35.1 Å². The zero-order valence-corrected chi connectivity index (χ0v) is 20.3. The maximum Gasteiger partial charge on any atom is 0.328 e. The van der Waals surface area contributed by atoms with Gasteiger partial charge in [0.1, 0.15) is 17.4 Å². The second-order valence-electron chi connectivity index (χ2n) is 8.71. The van der Waals surface area contributed by atoms with Gasteiger partial charge in [-0.05, 0) is 37.0 Å². The molecule has 1 atom stereocenters. The number of fused-ring (bicyclic) bond motifs is 1. The first kappa shape index (κ1) is 24.3. The van der Waals surface area contributed by atoms with Crippen LogP contribution in [0.25, 0.3) is 0 Å². The molecule has 0 spiro atoms. The van der Waals surface area contributed by atoms with Crippen LogP contribution in [0.2, 0.25) is 5.02 Å². The zero-order chi connectivity index (χ0) is 24.2. The average Bonchev–Trinajstić information content (AvgIpc) is 3.06. The third-order valence-electron chi connectivity index (χ3n) is 6.65. The van der Waals surface area contributed by atoms with E-state index < -0.39 is 12.0 Å². The summed E-state index contributed by atoms with van der Waals surface area (Å²) in [5, 5.41) is 0.686. The number of hydrogen-bond acceptors (Lipinski definition) is 6. The van der Waals surface area contributed by atoms with E-state index in [2.05, 4.69) is 4.90 Å². The SMILES string of the molecule is COC(=O)C1CCCCN1C(=O)c1c(OC)cc(=O)n2c1CCN(Cc1cccc(Cl)c1)CC2. The van der Waals surface area contributed by atoms with Gasteiger partial charge in [0.2, 0.25) is 0 Å². The van der Waals surface area contributed by atoms with Crippen LogP contribution in [0, 0.1) is 0 Å². The largest absolute Gasteiger partial charge is 0.496 e. The highest BCUT2D eigenvalue weighted by molar-refractivity contribution is 6.30. The van der Waals surface area contributed by atoms with Crippen molar-refractivity contribution in [3.05, 3.63) is 62.5 Å². The molecule has 1 aromatic heterocycles. The van der Waals surface area contributed by atoms with Crippen LogP contribution in [0.1, 0.15) is 40.9 Å². The molecule has 2 aromatic rings. The van der Waals surface area contributed by atoms with Crippen molar-refractivity contribution in [3.8, 4) is 5.75 Å². The Morgan fingerprint density at radius 2 is 1.91 bits per heavy atom. The number of esters is 1. The molecule has 1 aromatic carbocycles. The van der Waals surface area contributed by atoms with Gasteiger partial charge in [0.15, 0.2) is 0 Å². The Kier molecular flexibility index (Phi) is 7.58. The van der Waals surface area contributed by atoms with Gasteiger partial charge in [-0.2, -0.15) is 0 Å². The van der Waals surface area contributed by atoms with Gasteiger partial charge >= 0.3 is 5.97 Å². The number of piperidine rings is 1. The van der Waals surface area contributed by atoms with Gasteiger partial charge < -0.3 is 18.9 Å². The molecule has 2 aliphatic rings. The minimum atomic E-state index is -0.631. The molecule has 2 aliphatic heterocycles. The molecular weight excluding hydrogens is 458 g/mol. The van der Waals surface area contributed by atoms with Crippen molar-refractivity contribution in [1.82, 2.24) is 14.4 Å². The first-order chi connectivity index (χ1) is 16.4. The van der Waals surface area contributed by atoms with Crippen molar-refractivity contribution in [2.45, 2.75) is 44.8 Å². The molecule has 1 unspecified atom stereocenters. The Labute approximate surface area is 204 Å². The summed E-state index contributed by atoms with van der Waals surface area (Å²) in [7, 11) is 2.79. The van der Waals surface area contributed by atoms with E-state index in [1.807, 2.05) is 24.3 Å². The van der Waals surface area contributed by atoms with Crippen molar-refractivity contribution in [2.24, 2.45) is 0 Å². The fourth-order valence-electron chi connectivity index (χ4n) is 4.94. The Morgan fingerprint density at radius 1 is 1.09 bits per heavy atom. The maximum absolute atomic E-state index is 13.8. The second kappa shape index (κ2) is 10.6. The molecule has 34 heavy (non-hydrogen) atoms. The van der Waals surface area contributed by atoms with E-state index in [1.54, 1.807) is 9.47 Å². The lowest BCUT2D eigenvalue weighted by Crippen LogP contribution is -2.49. The molecule has 3 heterocycles. The summed E-state index contributed by atoms with van der Waals surface area (Å²) in [6, 6.07) is 8.47. The molecule has 8 nitrogen and oxygen atoms in total. The third kappa shape index (κ3) is 4.98. The van der Waals surface area contributed by atoms with E-state index in [0.717, 1.165) is 18.4 Å². The number of carbonyl (C=O) groups excluding carboxylic acids is 2. The lowest BCUT2D eigenvalue weighted by atomic mass is 9.99. The lowest BCUT2D eigenvalue weighted by Gasteiger charge is -2.34. The number of methoxy groups -OCH3 is 2. The molecule has 1 amide bonds. The fraction of sp³-hybridized carbons (Fsp3) is 0.480. The van der Waals surface area contributed by atoms with Crippen molar-refractivity contribution >= 4 is 23.5 Å². The lowest BCUT2D eigenvalue weighted by molar-refractivity contribution is -0.147. The van der Waals surface area contributed by atoms with Crippen LogP contribution in [0.4, 0.5) is 0 Å². The molecule has 9 heteroatoms. The summed E-state index contributed by atoms with van der Waals surface area (Å²) in [6.07, 6.45) is 2.73. The Balaban J connectivity index is 1.66. The Bertz CT molecular complexity index is 1130. The summed E-state index contributed by atoms with van der Waals surface area (Å²) in [5.41, 5.74) is 1.91. The molecule has 0 N–H and O–H groups in total. The fourth-order valence-corrected chi connectivity index (χ4v) is 5.15. The van der Waals surface area contributed by atoms with E-state index in [9.17, 15) is 14.4 Å². The number of benzene rings is 1. The summed E-state index contributed by atoms with van der Waals surface area (Å²) >= 11 is 6.14. The van der Waals surface area contributed by atoms with Crippen molar-refractivity contribution < 1.29 is 19.1 Å². The first-order valence-electron chi connectivity index (χ1n) is 11.6. The number of halogens is 1. The second-order valence-corrected chi connectivity index (χ2v) is 9.15. The highest BCUT2D eigenvalue weighted by Gasteiger charge is 2.36. The molecular formula is C25H30ClN3O5. The Hall–Kier alpha value is -2.84. The quantitative estimate of drug-likeness (QED) is 0.603. The number of rotatable bonds is 5. The van der Waals surface area contributed by atoms with E-state index in [4.69, 9.17) is 21.1 Å². The topological polar surface area (TPSA) is 81.1 Å². The Morgan fingerprint density at radius 3 is 2.65 bits per heavy atom. The van der Waals surface area contributed by atoms with Crippen molar-refractivity contribution in [1.29, 1.82) is 0 Å². The predicted octanol–water partition coefficient (Wildman–Crippen LogP) is 2.74. The van der Waals surface area contributed by atoms with Crippen LogP contribution in [-0.4, -0.2) is 66.1 Å². The van der Waals surface area contributed by atoms with Crippen LogP contribution < -0.4 is 10.3 Å². The number of pyridine rings is 1. The van der Waals surface area contributed by atoms with Gasteiger partial charge in [-0.3, -0.25) is 14.5 Å². The van der Waals surface area contributed by atoms with E-state index in [1.165, 1.54) is 20.3 Å². The van der Waals surface area contributed by atoms with E-state index in [-0.39, 0.29) is 17.2 Å². The highest BCUT2D eigenvalue weighted by Crippen LogP contribution is 2.28. The molecule has 0 bridgehead atoms. The van der Waals surface area contributed by atoms with E-state index in [0.29, 0.717) is 61.8 Å². The minimum Gasteiger partial charge on any atom is -0.496 e. The molecule has 1 saturated heterocycles. The number of likely N-dealkylation sites (tertiary alicyclic amines) is 1. The number of ether oxygens (including phenoxy) is 2. The van der Waals surface area contributed by atoms with Gasteiger partial charge in [0, 0.05) is 55.9 Å². The number of nitrogens with zero attached hydrogens (tertiary/aromatic N) is 3.